The molecule has 2 atom stereocenters. The Morgan fingerprint density at radius 2 is 1.84 bits per heavy atom. The van der Waals surface area contributed by atoms with E-state index in [1.54, 1.807) is 6.20 Å². The fourth-order valence-electron chi connectivity index (χ4n) is 6.67. The molecule has 1 saturated carbocycles. The summed E-state index contributed by atoms with van der Waals surface area (Å²) >= 11 is 1.04. The molecule has 1 aliphatic carbocycles. The number of hydrogen-bond acceptors (Lipinski definition) is 11. The number of halogens is 3. The molecule has 2 unspecified atom stereocenters. The van der Waals surface area contributed by atoms with Gasteiger partial charge in [-0.1, -0.05) is 0 Å². The number of rotatable bonds is 6. The topological polar surface area (TPSA) is 104 Å². The number of thiophene rings is 1. The SMILES string of the molecule is CN1C2CC1CN(c1cc(C3CC3)c(Nc3ncc(C(F)(F)F)c(-c4cc5c(s4)CN(C4COC4)CCS5(=O)=O)n3)cn1)C2. The normalized spacial score (nSPS) is 25.6. The molecule has 234 valence electrons. The molecule has 4 saturated heterocycles. The highest BCUT2D eigenvalue weighted by Gasteiger charge is 2.43. The third-order valence-electron chi connectivity index (χ3n) is 9.63. The molecule has 0 spiro atoms. The average molecular weight is 648 g/mol. The van der Waals surface area contributed by atoms with E-state index in [1.807, 2.05) is 4.90 Å². The van der Waals surface area contributed by atoms with Crippen LogP contribution in [0, 0.1) is 0 Å². The van der Waals surface area contributed by atoms with Gasteiger partial charge in [0.1, 0.15) is 11.4 Å². The number of anilines is 3. The number of nitrogens with zero attached hydrogens (tertiary/aromatic N) is 6. The molecular weight excluding hydrogens is 615 g/mol. The number of likely N-dealkylation sites (N-methyl/N-ethyl adjacent to an activating group) is 1. The van der Waals surface area contributed by atoms with Gasteiger partial charge in [-0.25, -0.2) is 23.4 Å². The highest BCUT2D eigenvalue weighted by molar-refractivity contribution is 7.91. The monoisotopic (exact) mass is 647 g/mol. The van der Waals surface area contributed by atoms with Crippen LogP contribution in [0.2, 0.25) is 0 Å². The second-order valence-corrected chi connectivity index (χ2v) is 15.7. The summed E-state index contributed by atoms with van der Waals surface area (Å²) < 4.78 is 74.2. The van der Waals surface area contributed by atoms with Gasteiger partial charge in [-0.15, -0.1) is 11.3 Å². The van der Waals surface area contributed by atoms with Crippen LogP contribution in [0.5, 0.6) is 0 Å². The molecule has 0 amide bonds. The third kappa shape index (κ3) is 5.06. The Bertz CT molecular complexity index is 1710. The van der Waals surface area contributed by atoms with Crippen molar-refractivity contribution >= 4 is 38.6 Å². The van der Waals surface area contributed by atoms with E-state index in [4.69, 9.17) is 9.72 Å². The lowest BCUT2D eigenvalue weighted by atomic mass is 9.88. The van der Waals surface area contributed by atoms with E-state index < -0.39 is 21.6 Å². The quantitative estimate of drug-likeness (QED) is 0.420. The number of piperidine rings is 1. The van der Waals surface area contributed by atoms with Crippen LogP contribution < -0.4 is 10.2 Å². The first-order chi connectivity index (χ1) is 21.0. The molecule has 15 heteroatoms. The summed E-state index contributed by atoms with van der Waals surface area (Å²) in [6.07, 6.45) is 1.05. The van der Waals surface area contributed by atoms with Crippen LogP contribution in [0.15, 0.2) is 29.4 Å². The zero-order valence-corrected chi connectivity index (χ0v) is 25.7. The van der Waals surface area contributed by atoms with Gasteiger partial charge < -0.3 is 15.0 Å². The first-order valence-corrected chi connectivity index (χ1v) is 17.4. The molecule has 6 aliphatic rings. The van der Waals surface area contributed by atoms with Crippen LogP contribution in [0.25, 0.3) is 10.6 Å². The Labute approximate surface area is 257 Å². The number of hydrogen-bond donors (Lipinski definition) is 1. The lowest BCUT2D eigenvalue weighted by Crippen LogP contribution is -2.67. The maximum atomic E-state index is 14.2. The number of sulfone groups is 1. The van der Waals surface area contributed by atoms with Gasteiger partial charge in [0, 0.05) is 49.3 Å². The summed E-state index contributed by atoms with van der Waals surface area (Å²) in [6.45, 7) is 3.57. The number of nitrogens with one attached hydrogen (secondary N) is 1. The molecule has 8 heterocycles. The van der Waals surface area contributed by atoms with Gasteiger partial charge in [-0.05, 0) is 49.9 Å². The molecule has 3 aromatic rings. The zero-order chi connectivity index (χ0) is 30.4. The van der Waals surface area contributed by atoms with E-state index in [2.05, 4.69) is 38.2 Å². The third-order valence-corrected chi connectivity index (χ3v) is 12.6. The van der Waals surface area contributed by atoms with Crippen molar-refractivity contribution in [3.63, 3.8) is 0 Å². The van der Waals surface area contributed by atoms with Crippen molar-refractivity contribution < 1.29 is 26.3 Å². The minimum atomic E-state index is -4.73. The van der Waals surface area contributed by atoms with Crippen molar-refractivity contribution in [2.45, 2.75) is 60.9 Å². The summed E-state index contributed by atoms with van der Waals surface area (Å²) in [5.74, 6) is 1.16. The highest BCUT2D eigenvalue weighted by atomic mass is 32.2. The minimum Gasteiger partial charge on any atom is -0.378 e. The van der Waals surface area contributed by atoms with E-state index in [0.717, 1.165) is 54.8 Å². The molecular formula is C29H32F3N7O3S2. The standard InChI is InChI=1S/C29H32F3N7O3S2/c1-37-17-6-18(37)12-39(11-17)26-7-20(16-2-3-16)22(10-33-26)35-28-34-9-21(29(30,31)32)27(36-28)23-8-25-24(43-23)13-38(19-14-42-15-19)4-5-44(25,40)41/h7-10,16-19H,2-6,11-15H2,1H3,(H,34,35,36). The Hall–Kier alpha value is -2.85. The second kappa shape index (κ2) is 10.3. The second-order valence-electron chi connectivity index (χ2n) is 12.5. The molecule has 2 bridgehead atoms. The van der Waals surface area contributed by atoms with Crippen molar-refractivity contribution in [3.05, 3.63) is 40.5 Å². The number of ether oxygens (including phenoxy) is 1. The molecule has 44 heavy (non-hydrogen) atoms. The van der Waals surface area contributed by atoms with Gasteiger partial charge in [0.25, 0.3) is 0 Å². The van der Waals surface area contributed by atoms with E-state index in [1.165, 1.54) is 12.5 Å². The van der Waals surface area contributed by atoms with Crippen LogP contribution in [0.4, 0.5) is 30.6 Å². The number of alkyl halides is 3. The summed E-state index contributed by atoms with van der Waals surface area (Å²) in [4.78, 5) is 20.6. The molecule has 3 aromatic heterocycles. The molecule has 0 aromatic carbocycles. The van der Waals surface area contributed by atoms with E-state index in [0.29, 0.717) is 54.9 Å². The Morgan fingerprint density at radius 1 is 1.07 bits per heavy atom. The van der Waals surface area contributed by atoms with Crippen LogP contribution in [-0.4, -0.2) is 96.9 Å². The summed E-state index contributed by atoms with van der Waals surface area (Å²) in [5.41, 5.74) is 0.382. The van der Waals surface area contributed by atoms with Gasteiger partial charge in [0.15, 0.2) is 9.84 Å². The maximum absolute atomic E-state index is 14.2. The molecule has 10 nitrogen and oxygen atoms in total. The predicted molar refractivity (Wildman–Crippen MR) is 159 cm³/mol. The smallest absolute Gasteiger partial charge is 0.378 e. The van der Waals surface area contributed by atoms with E-state index >= 15 is 0 Å². The first-order valence-electron chi connectivity index (χ1n) is 14.9. The first kappa shape index (κ1) is 28.6. The number of piperazine rings is 1. The van der Waals surface area contributed by atoms with Gasteiger partial charge >= 0.3 is 6.18 Å². The summed E-state index contributed by atoms with van der Waals surface area (Å²) in [7, 11) is -1.51. The number of pyridine rings is 1. The van der Waals surface area contributed by atoms with Crippen LogP contribution in [0.1, 0.15) is 41.2 Å². The summed E-state index contributed by atoms with van der Waals surface area (Å²) in [5, 5.41) is 3.15. The summed E-state index contributed by atoms with van der Waals surface area (Å²) in [6, 6.07) is 4.62. The fourth-order valence-corrected chi connectivity index (χ4v) is 9.74. The largest absolute Gasteiger partial charge is 0.420 e. The molecule has 1 N–H and O–H groups in total. The van der Waals surface area contributed by atoms with Gasteiger partial charge in [-0.2, -0.15) is 13.2 Å². The molecule has 0 radical (unpaired) electrons. The molecule has 5 aliphatic heterocycles. The van der Waals surface area contributed by atoms with E-state index in [9.17, 15) is 21.6 Å². The highest BCUT2D eigenvalue weighted by Crippen LogP contribution is 2.46. The Kier molecular flexibility index (Phi) is 6.72. The Morgan fingerprint density at radius 3 is 2.50 bits per heavy atom. The van der Waals surface area contributed by atoms with Crippen LogP contribution in [0.3, 0.4) is 0 Å². The van der Waals surface area contributed by atoms with Crippen molar-refractivity contribution in [2.75, 3.05) is 55.9 Å². The van der Waals surface area contributed by atoms with Crippen LogP contribution >= 0.6 is 11.3 Å². The average Bonchev–Trinajstić information content (AvgIpc) is 3.74. The van der Waals surface area contributed by atoms with Gasteiger partial charge in [0.05, 0.1) is 52.4 Å². The number of aromatic nitrogens is 3. The van der Waals surface area contributed by atoms with Crippen molar-refractivity contribution in [1.82, 2.24) is 24.8 Å². The Balaban J connectivity index is 1.12. The van der Waals surface area contributed by atoms with Gasteiger partial charge in [-0.3, -0.25) is 9.80 Å². The lowest BCUT2D eigenvalue weighted by molar-refractivity contribution is -0.137. The van der Waals surface area contributed by atoms with Crippen molar-refractivity contribution in [1.29, 1.82) is 0 Å². The number of fused-ring (bicyclic) bond motifs is 3. The van der Waals surface area contributed by atoms with Gasteiger partial charge in [0.2, 0.25) is 5.95 Å². The fraction of sp³-hybridized carbons (Fsp3) is 0.552. The minimum absolute atomic E-state index is 0.00462. The zero-order valence-electron chi connectivity index (χ0n) is 24.0. The van der Waals surface area contributed by atoms with E-state index in [-0.39, 0.29) is 33.2 Å². The van der Waals surface area contributed by atoms with Crippen LogP contribution in [-0.2, 0) is 27.3 Å². The molecule has 9 rings (SSSR count). The predicted octanol–water partition coefficient (Wildman–Crippen LogP) is 4.12. The lowest BCUT2D eigenvalue weighted by Gasteiger charge is -2.55. The maximum Gasteiger partial charge on any atom is 0.420 e. The molecule has 5 fully saturated rings. The van der Waals surface area contributed by atoms with Crippen molar-refractivity contribution in [2.24, 2.45) is 0 Å². The van der Waals surface area contributed by atoms with Crippen molar-refractivity contribution in [3.8, 4) is 10.6 Å².